The van der Waals surface area contributed by atoms with Gasteiger partial charge < -0.3 is 10.0 Å². The Labute approximate surface area is 103 Å². The summed E-state index contributed by atoms with van der Waals surface area (Å²) in [6, 6.07) is -0.203. The summed E-state index contributed by atoms with van der Waals surface area (Å²) in [7, 11) is 0. The van der Waals surface area contributed by atoms with E-state index in [1.54, 1.807) is 4.90 Å². The molecule has 0 bridgehead atoms. The van der Waals surface area contributed by atoms with Gasteiger partial charge in [-0.05, 0) is 18.3 Å². The number of nitrogens with zero attached hydrogens (tertiary/aromatic N) is 1. The third-order valence-electron chi connectivity index (χ3n) is 3.35. The van der Waals surface area contributed by atoms with Crippen LogP contribution in [-0.2, 0) is 9.59 Å². The number of carboxylic acid groups (broad SMARTS) is 1. The zero-order valence-corrected chi connectivity index (χ0v) is 11.0. The summed E-state index contributed by atoms with van der Waals surface area (Å²) in [4.78, 5) is 24.8. The molecule has 0 spiro atoms. The van der Waals surface area contributed by atoms with Gasteiger partial charge in [-0.2, -0.15) is 0 Å². The average Bonchev–Trinajstić information content (AvgIpc) is 2.37. The smallest absolute Gasteiger partial charge is 0.305 e. The lowest BCUT2D eigenvalue weighted by Gasteiger charge is -2.39. The second-order valence-corrected chi connectivity index (χ2v) is 5.88. The maximum Gasteiger partial charge on any atom is 0.305 e. The van der Waals surface area contributed by atoms with Crippen molar-refractivity contribution >= 4 is 11.9 Å². The number of hydrogen-bond donors (Lipinski definition) is 1. The van der Waals surface area contributed by atoms with Crippen LogP contribution in [0.15, 0.2) is 0 Å². The molecular weight excluding hydrogens is 218 g/mol. The third kappa shape index (κ3) is 4.02. The van der Waals surface area contributed by atoms with Gasteiger partial charge in [0.2, 0.25) is 5.91 Å². The van der Waals surface area contributed by atoms with E-state index in [1.807, 2.05) is 20.8 Å². The maximum atomic E-state index is 12.0. The molecule has 1 aliphatic rings. The number of likely N-dealkylation sites (tertiary alicyclic amines) is 1. The fraction of sp³-hybridized carbons (Fsp3) is 0.846. The van der Waals surface area contributed by atoms with Crippen LogP contribution in [0, 0.1) is 5.41 Å². The average molecular weight is 241 g/mol. The highest BCUT2D eigenvalue weighted by atomic mass is 16.4. The molecule has 4 nitrogen and oxygen atoms in total. The Bertz CT molecular complexity index is 294. The summed E-state index contributed by atoms with van der Waals surface area (Å²) in [5.74, 6) is -0.717. The Hall–Kier alpha value is -1.06. The van der Waals surface area contributed by atoms with Gasteiger partial charge in [0.05, 0.1) is 6.42 Å². The summed E-state index contributed by atoms with van der Waals surface area (Å²) in [5, 5.41) is 9.00. The lowest BCUT2D eigenvalue weighted by atomic mass is 9.83. The van der Waals surface area contributed by atoms with Gasteiger partial charge >= 0.3 is 5.97 Å². The number of carbonyl (C=O) groups excluding carboxylic acids is 1. The number of hydrogen-bond acceptors (Lipinski definition) is 2. The van der Waals surface area contributed by atoms with Crippen molar-refractivity contribution in [2.24, 2.45) is 5.41 Å². The molecule has 0 radical (unpaired) electrons. The van der Waals surface area contributed by atoms with Gasteiger partial charge in [0, 0.05) is 19.0 Å². The number of amides is 1. The molecule has 1 rings (SSSR count). The van der Waals surface area contributed by atoms with E-state index in [2.05, 4.69) is 0 Å². The largest absolute Gasteiger partial charge is 0.481 e. The van der Waals surface area contributed by atoms with Crippen molar-refractivity contribution in [3.8, 4) is 0 Å². The number of rotatable bonds is 3. The van der Waals surface area contributed by atoms with Gasteiger partial charge in [0.1, 0.15) is 0 Å². The van der Waals surface area contributed by atoms with Crippen LogP contribution in [0.2, 0.25) is 0 Å². The highest BCUT2D eigenvalue weighted by molar-refractivity contribution is 5.78. The van der Waals surface area contributed by atoms with Gasteiger partial charge in [-0.1, -0.05) is 27.2 Å². The minimum Gasteiger partial charge on any atom is -0.481 e. The standard InChI is InChI=1S/C13H23NO3/c1-13(2,3)10(9-12(16)17)14-8-6-4-5-7-11(14)15/h10H,4-9H2,1-3H3,(H,16,17). The molecule has 1 amide bonds. The molecule has 4 heteroatoms. The Balaban J connectivity index is 2.87. The molecule has 1 aliphatic heterocycles. The maximum absolute atomic E-state index is 12.0. The molecule has 0 saturated carbocycles. The minimum absolute atomic E-state index is 0.0369. The van der Waals surface area contributed by atoms with Crippen LogP contribution in [0.4, 0.5) is 0 Å². The SMILES string of the molecule is CC(C)(C)C(CC(=O)O)N1CCCCCC1=O. The van der Waals surface area contributed by atoms with Crippen LogP contribution >= 0.6 is 0 Å². The molecule has 0 aromatic carbocycles. The summed E-state index contributed by atoms with van der Waals surface area (Å²) in [5.41, 5.74) is -0.196. The van der Waals surface area contributed by atoms with E-state index < -0.39 is 5.97 Å². The Morgan fingerprint density at radius 3 is 2.53 bits per heavy atom. The Kier molecular flexibility index (Phi) is 4.54. The fourth-order valence-electron chi connectivity index (χ4n) is 2.38. The molecule has 1 heterocycles. The molecule has 1 N–H and O–H groups in total. The number of aliphatic carboxylic acids is 1. The predicted octanol–water partition coefficient (Wildman–Crippen LogP) is 2.28. The Morgan fingerprint density at radius 2 is 2.00 bits per heavy atom. The van der Waals surface area contributed by atoms with Crippen LogP contribution in [0.5, 0.6) is 0 Å². The van der Waals surface area contributed by atoms with Crippen LogP contribution < -0.4 is 0 Å². The van der Waals surface area contributed by atoms with E-state index >= 15 is 0 Å². The van der Waals surface area contributed by atoms with E-state index in [0.717, 1.165) is 19.3 Å². The third-order valence-corrected chi connectivity index (χ3v) is 3.35. The molecule has 1 fully saturated rings. The predicted molar refractivity (Wildman–Crippen MR) is 65.7 cm³/mol. The van der Waals surface area contributed by atoms with Crippen molar-refractivity contribution in [2.45, 2.75) is 58.9 Å². The molecule has 0 aromatic rings. The molecule has 17 heavy (non-hydrogen) atoms. The summed E-state index contributed by atoms with van der Waals surface area (Å²) >= 11 is 0. The molecule has 0 aliphatic carbocycles. The van der Waals surface area contributed by atoms with Gasteiger partial charge in [0.25, 0.3) is 0 Å². The van der Waals surface area contributed by atoms with Crippen molar-refractivity contribution in [3.05, 3.63) is 0 Å². The molecule has 98 valence electrons. The van der Waals surface area contributed by atoms with Gasteiger partial charge in [-0.3, -0.25) is 9.59 Å². The van der Waals surface area contributed by atoms with Crippen LogP contribution in [0.3, 0.4) is 0 Å². The zero-order chi connectivity index (χ0) is 13.1. The van der Waals surface area contributed by atoms with Crippen LogP contribution in [0.25, 0.3) is 0 Å². The first-order valence-corrected chi connectivity index (χ1v) is 6.33. The van der Waals surface area contributed by atoms with Gasteiger partial charge in [-0.25, -0.2) is 0 Å². The van der Waals surface area contributed by atoms with Crippen molar-refractivity contribution in [1.29, 1.82) is 0 Å². The molecular formula is C13H23NO3. The molecule has 1 atom stereocenters. The number of carboxylic acids is 1. The molecule has 1 saturated heterocycles. The topological polar surface area (TPSA) is 57.6 Å². The van der Waals surface area contributed by atoms with Crippen LogP contribution in [0.1, 0.15) is 52.9 Å². The summed E-state index contributed by atoms with van der Waals surface area (Å²) < 4.78 is 0. The first-order chi connectivity index (χ1) is 7.82. The zero-order valence-electron chi connectivity index (χ0n) is 11.0. The summed E-state index contributed by atoms with van der Waals surface area (Å²) in [6.45, 7) is 6.70. The van der Waals surface area contributed by atoms with E-state index in [-0.39, 0.29) is 23.8 Å². The summed E-state index contributed by atoms with van der Waals surface area (Å²) in [6.07, 6.45) is 3.57. The fourth-order valence-corrected chi connectivity index (χ4v) is 2.38. The highest BCUT2D eigenvalue weighted by Gasteiger charge is 2.35. The van der Waals surface area contributed by atoms with Crippen molar-refractivity contribution in [2.75, 3.05) is 6.54 Å². The lowest BCUT2D eigenvalue weighted by molar-refractivity contribution is -0.143. The van der Waals surface area contributed by atoms with E-state index in [4.69, 9.17) is 5.11 Å². The first kappa shape index (κ1) is 14.0. The second-order valence-electron chi connectivity index (χ2n) is 5.88. The second kappa shape index (κ2) is 5.52. The normalized spacial score (nSPS) is 19.9. The van der Waals surface area contributed by atoms with Crippen LogP contribution in [-0.4, -0.2) is 34.5 Å². The minimum atomic E-state index is -0.832. The quantitative estimate of drug-likeness (QED) is 0.824. The Morgan fingerprint density at radius 1 is 1.35 bits per heavy atom. The van der Waals surface area contributed by atoms with E-state index in [9.17, 15) is 9.59 Å². The lowest BCUT2D eigenvalue weighted by Crippen LogP contribution is -2.48. The van der Waals surface area contributed by atoms with Crippen molar-refractivity contribution < 1.29 is 14.7 Å². The molecule has 0 aromatic heterocycles. The monoisotopic (exact) mass is 241 g/mol. The van der Waals surface area contributed by atoms with Crippen molar-refractivity contribution in [1.82, 2.24) is 4.90 Å². The van der Waals surface area contributed by atoms with Crippen molar-refractivity contribution in [3.63, 3.8) is 0 Å². The first-order valence-electron chi connectivity index (χ1n) is 6.33. The van der Waals surface area contributed by atoms with Gasteiger partial charge in [-0.15, -0.1) is 0 Å². The number of carbonyl (C=O) groups is 2. The van der Waals surface area contributed by atoms with Gasteiger partial charge in [0.15, 0.2) is 0 Å². The van der Waals surface area contributed by atoms with E-state index in [1.165, 1.54) is 0 Å². The highest BCUT2D eigenvalue weighted by Crippen LogP contribution is 2.29. The van der Waals surface area contributed by atoms with E-state index in [0.29, 0.717) is 13.0 Å². The molecule has 1 unspecified atom stereocenters.